The molecule has 5 nitrogen and oxygen atoms in total. The van der Waals surface area contributed by atoms with Crippen LogP contribution in [0, 0.1) is 13.8 Å². The van der Waals surface area contributed by atoms with Gasteiger partial charge >= 0.3 is 0 Å². The molecular formula is C30H30N2O3S. The third kappa shape index (κ3) is 5.83. The van der Waals surface area contributed by atoms with Gasteiger partial charge in [-0.05, 0) is 54.3 Å². The van der Waals surface area contributed by atoms with Crippen molar-refractivity contribution < 1.29 is 13.2 Å². The number of rotatable bonds is 9. The third-order valence-corrected chi connectivity index (χ3v) is 8.01. The minimum absolute atomic E-state index is 0.149. The monoisotopic (exact) mass is 498 g/mol. The summed E-state index contributed by atoms with van der Waals surface area (Å²) >= 11 is 0. The fourth-order valence-electron chi connectivity index (χ4n) is 4.09. The predicted molar refractivity (Wildman–Crippen MR) is 144 cm³/mol. The van der Waals surface area contributed by atoms with Crippen molar-refractivity contribution in [2.24, 2.45) is 0 Å². The molecule has 6 heteroatoms. The largest absolute Gasteiger partial charge is 0.332 e. The second-order valence-electron chi connectivity index (χ2n) is 8.76. The lowest BCUT2D eigenvalue weighted by atomic mass is 10.1. The van der Waals surface area contributed by atoms with Crippen molar-refractivity contribution in [2.45, 2.75) is 31.8 Å². The molecule has 0 aromatic heterocycles. The maximum Gasteiger partial charge on any atom is 0.264 e. The molecule has 0 saturated carbocycles. The molecule has 0 aliphatic carbocycles. The van der Waals surface area contributed by atoms with Crippen molar-refractivity contribution in [3.8, 4) is 0 Å². The SMILES string of the molecule is Cc1cccc(N(CC(=O)N(Cc2ccccc2)Cc2ccccc2)S(=O)(=O)c2ccccc2)c1C. The van der Waals surface area contributed by atoms with E-state index in [1.807, 2.05) is 86.6 Å². The highest BCUT2D eigenvalue weighted by Gasteiger charge is 2.30. The lowest BCUT2D eigenvalue weighted by Crippen LogP contribution is -2.43. The number of amides is 1. The summed E-state index contributed by atoms with van der Waals surface area (Å²) in [7, 11) is -3.98. The molecule has 4 rings (SSSR count). The van der Waals surface area contributed by atoms with Crippen molar-refractivity contribution in [1.29, 1.82) is 0 Å². The molecule has 0 heterocycles. The first-order valence-electron chi connectivity index (χ1n) is 11.9. The summed E-state index contributed by atoms with van der Waals surface area (Å²) < 4.78 is 28.9. The minimum Gasteiger partial charge on any atom is -0.332 e. The Bertz CT molecular complexity index is 1370. The highest BCUT2D eigenvalue weighted by atomic mass is 32.2. The van der Waals surface area contributed by atoms with Crippen molar-refractivity contribution >= 4 is 21.6 Å². The average molecular weight is 499 g/mol. The zero-order valence-electron chi connectivity index (χ0n) is 20.5. The molecule has 0 aliphatic rings. The highest BCUT2D eigenvalue weighted by Crippen LogP contribution is 2.29. The van der Waals surface area contributed by atoms with Gasteiger partial charge in [0.05, 0.1) is 10.6 Å². The summed E-state index contributed by atoms with van der Waals surface area (Å²) in [4.78, 5) is 15.7. The van der Waals surface area contributed by atoms with E-state index in [0.717, 1.165) is 22.3 Å². The summed E-state index contributed by atoms with van der Waals surface area (Å²) in [5.41, 5.74) is 4.24. The van der Waals surface area contributed by atoms with Crippen LogP contribution < -0.4 is 4.31 Å². The highest BCUT2D eigenvalue weighted by molar-refractivity contribution is 7.92. The van der Waals surface area contributed by atoms with Crippen molar-refractivity contribution in [2.75, 3.05) is 10.8 Å². The van der Waals surface area contributed by atoms with E-state index < -0.39 is 10.0 Å². The topological polar surface area (TPSA) is 57.7 Å². The van der Waals surface area contributed by atoms with Crippen LogP contribution in [0.5, 0.6) is 0 Å². The van der Waals surface area contributed by atoms with Gasteiger partial charge in [0.25, 0.3) is 10.0 Å². The summed E-state index contributed by atoms with van der Waals surface area (Å²) in [5, 5.41) is 0. The van der Waals surface area contributed by atoms with E-state index in [1.165, 1.54) is 4.31 Å². The molecule has 0 N–H and O–H groups in total. The predicted octanol–water partition coefficient (Wildman–Crippen LogP) is 5.73. The van der Waals surface area contributed by atoms with Gasteiger partial charge in [-0.2, -0.15) is 0 Å². The van der Waals surface area contributed by atoms with Gasteiger partial charge < -0.3 is 4.90 Å². The normalized spacial score (nSPS) is 11.2. The minimum atomic E-state index is -3.98. The third-order valence-electron chi connectivity index (χ3n) is 6.24. The van der Waals surface area contributed by atoms with Gasteiger partial charge in [-0.15, -0.1) is 0 Å². The van der Waals surface area contributed by atoms with Crippen LogP contribution in [-0.4, -0.2) is 25.8 Å². The van der Waals surface area contributed by atoms with Crippen LogP contribution in [0.2, 0.25) is 0 Å². The van der Waals surface area contributed by atoms with Crippen LogP contribution in [-0.2, 0) is 27.9 Å². The number of anilines is 1. The summed E-state index contributed by atoms with van der Waals surface area (Å²) in [5.74, 6) is -0.275. The maximum absolute atomic E-state index is 13.8. The lowest BCUT2D eigenvalue weighted by Gasteiger charge is -2.30. The molecule has 0 radical (unpaired) electrons. The van der Waals surface area contributed by atoms with Crippen LogP contribution in [0.15, 0.2) is 114 Å². The van der Waals surface area contributed by atoms with Crippen molar-refractivity contribution in [1.82, 2.24) is 4.90 Å². The van der Waals surface area contributed by atoms with Gasteiger partial charge in [0, 0.05) is 13.1 Å². The Labute approximate surface area is 213 Å². The summed E-state index contributed by atoms with van der Waals surface area (Å²) in [6, 6.07) is 33.2. The first kappa shape index (κ1) is 25.2. The van der Waals surface area contributed by atoms with Crippen LogP contribution >= 0.6 is 0 Å². The molecule has 36 heavy (non-hydrogen) atoms. The van der Waals surface area contributed by atoms with Gasteiger partial charge in [0.2, 0.25) is 5.91 Å². The zero-order chi connectivity index (χ0) is 25.5. The number of sulfonamides is 1. The standard InChI is InChI=1S/C30H30N2O3S/c1-24-13-12-20-29(25(24)2)32(36(34,35)28-18-10-5-11-19-28)23-30(33)31(21-26-14-6-3-7-15-26)22-27-16-8-4-9-17-27/h3-20H,21-23H2,1-2H3. The Morgan fingerprint density at radius 2 is 1.17 bits per heavy atom. The maximum atomic E-state index is 13.8. The number of hydrogen-bond donors (Lipinski definition) is 0. The quantitative estimate of drug-likeness (QED) is 0.296. The molecule has 0 spiro atoms. The molecule has 0 fully saturated rings. The van der Waals surface area contributed by atoms with Crippen molar-refractivity contribution in [3.63, 3.8) is 0 Å². The molecule has 1 amide bonds. The number of aryl methyl sites for hydroxylation is 1. The van der Waals surface area contributed by atoms with Gasteiger partial charge in [0.1, 0.15) is 6.54 Å². The summed E-state index contributed by atoms with van der Waals surface area (Å²) in [6.45, 7) is 4.27. The molecule has 0 bridgehead atoms. The van der Waals surface area contributed by atoms with E-state index in [2.05, 4.69) is 0 Å². The molecule has 4 aromatic rings. The molecule has 0 saturated heterocycles. The number of carbonyl (C=O) groups is 1. The van der Waals surface area contributed by atoms with Crippen LogP contribution in [0.4, 0.5) is 5.69 Å². The molecular weight excluding hydrogens is 468 g/mol. The molecule has 0 unspecified atom stereocenters. The van der Waals surface area contributed by atoms with Crippen molar-refractivity contribution in [3.05, 3.63) is 131 Å². The first-order valence-corrected chi connectivity index (χ1v) is 13.3. The van der Waals surface area contributed by atoms with Gasteiger partial charge in [-0.1, -0.05) is 91.0 Å². The second-order valence-corrected chi connectivity index (χ2v) is 10.6. The molecule has 4 aromatic carbocycles. The fraction of sp³-hybridized carbons (Fsp3) is 0.167. The van der Waals surface area contributed by atoms with Gasteiger partial charge in [0.15, 0.2) is 0 Å². The second kappa shape index (κ2) is 11.2. The first-order chi connectivity index (χ1) is 17.4. The molecule has 0 atom stereocenters. The van der Waals surface area contributed by atoms with E-state index in [1.54, 1.807) is 41.3 Å². The smallest absolute Gasteiger partial charge is 0.264 e. The zero-order valence-corrected chi connectivity index (χ0v) is 21.4. The molecule has 0 aliphatic heterocycles. The lowest BCUT2D eigenvalue weighted by molar-refractivity contribution is -0.130. The van der Waals surface area contributed by atoms with Crippen LogP contribution in [0.3, 0.4) is 0 Å². The van der Waals surface area contributed by atoms with E-state index >= 15 is 0 Å². The number of carbonyl (C=O) groups excluding carboxylic acids is 1. The van der Waals surface area contributed by atoms with E-state index in [0.29, 0.717) is 18.8 Å². The Morgan fingerprint density at radius 1 is 0.667 bits per heavy atom. The Hall–Kier alpha value is -3.90. The van der Waals surface area contributed by atoms with Gasteiger partial charge in [-0.3, -0.25) is 9.10 Å². The van der Waals surface area contributed by atoms with E-state index in [9.17, 15) is 13.2 Å². The Morgan fingerprint density at radius 3 is 1.69 bits per heavy atom. The Balaban J connectivity index is 1.72. The van der Waals surface area contributed by atoms with Gasteiger partial charge in [-0.25, -0.2) is 8.42 Å². The van der Waals surface area contributed by atoms with Crippen LogP contribution in [0.1, 0.15) is 22.3 Å². The summed E-state index contributed by atoms with van der Waals surface area (Å²) in [6.07, 6.45) is 0. The fourth-order valence-corrected chi connectivity index (χ4v) is 5.58. The van der Waals surface area contributed by atoms with E-state index in [-0.39, 0.29) is 17.3 Å². The molecule has 184 valence electrons. The number of benzene rings is 4. The Kier molecular flexibility index (Phi) is 7.86. The van der Waals surface area contributed by atoms with Crippen LogP contribution in [0.25, 0.3) is 0 Å². The number of hydrogen-bond acceptors (Lipinski definition) is 3. The number of nitrogens with zero attached hydrogens (tertiary/aromatic N) is 2. The average Bonchev–Trinajstić information content (AvgIpc) is 2.90. The van der Waals surface area contributed by atoms with E-state index in [4.69, 9.17) is 0 Å².